The lowest BCUT2D eigenvalue weighted by molar-refractivity contribution is -0.00633. The maximum Gasteiger partial charge on any atom is 0.332 e. The molecule has 16 heavy (non-hydrogen) atoms. The Labute approximate surface area is 93.2 Å². The molecule has 4 heteroatoms. The van der Waals surface area contributed by atoms with E-state index in [4.69, 9.17) is 9.95 Å². The monoisotopic (exact) mass is 213 g/mol. The zero-order valence-corrected chi connectivity index (χ0v) is 9.14. The highest BCUT2D eigenvalue weighted by Gasteiger charge is 2.17. The van der Waals surface area contributed by atoms with E-state index in [0.29, 0.717) is 23.1 Å². The van der Waals surface area contributed by atoms with Gasteiger partial charge in [0.2, 0.25) is 11.7 Å². The van der Waals surface area contributed by atoms with E-state index in [1.54, 1.807) is 6.92 Å². The van der Waals surface area contributed by atoms with Gasteiger partial charge >= 0.3 is 5.71 Å². The molecule has 0 radical (unpaired) electrons. The van der Waals surface area contributed by atoms with Gasteiger partial charge in [-0.3, -0.25) is 0 Å². The number of aryl methyl sites for hydroxylation is 1. The van der Waals surface area contributed by atoms with Gasteiger partial charge in [-0.25, -0.2) is 4.98 Å². The number of rotatable bonds is 2. The minimum atomic E-state index is 0.423. The standard InChI is InChI=1S/C12H11N3O/c1-8-11(9(2)15-13)16-12(14-8)10-6-4-3-5-7-10/h3-7H,1-2H3. The summed E-state index contributed by atoms with van der Waals surface area (Å²) in [5, 5.41) is 0. The third-order valence-corrected chi connectivity index (χ3v) is 2.30. The molecule has 0 fully saturated rings. The molecule has 0 N–H and O–H groups in total. The van der Waals surface area contributed by atoms with E-state index >= 15 is 0 Å². The predicted molar refractivity (Wildman–Crippen MR) is 60.1 cm³/mol. The van der Waals surface area contributed by atoms with Crippen LogP contribution >= 0.6 is 0 Å². The topological polar surface area (TPSA) is 62.4 Å². The molecular formula is C12H11N3O. The maximum absolute atomic E-state index is 8.69. The molecule has 80 valence electrons. The molecule has 0 aliphatic carbocycles. The Morgan fingerprint density at radius 2 is 2.00 bits per heavy atom. The number of aromatic nitrogens is 1. The predicted octanol–water partition coefficient (Wildman–Crippen LogP) is 2.69. The van der Waals surface area contributed by atoms with Crippen molar-refractivity contribution in [3.63, 3.8) is 0 Å². The second-order valence-corrected chi connectivity index (χ2v) is 3.48. The van der Waals surface area contributed by atoms with Crippen LogP contribution in [0.2, 0.25) is 0 Å². The van der Waals surface area contributed by atoms with Gasteiger partial charge in [-0.15, -0.1) is 0 Å². The first kappa shape index (κ1) is 10.3. The van der Waals surface area contributed by atoms with Crippen molar-refractivity contribution in [1.82, 2.24) is 4.98 Å². The van der Waals surface area contributed by atoms with Crippen LogP contribution in [0, 0.1) is 6.92 Å². The van der Waals surface area contributed by atoms with Gasteiger partial charge in [0.15, 0.2) is 0 Å². The van der Waals surface area contributed by atoms with E-state index in [-0.39, 0.29) is 0 Å². The molecule has 2 rings (SSSR count). The van der Waals surface area contributed by atoms with Gasteiger partial charge in [0.25, 0.3) is 0 Å². The summed E-state index contributed by atoms with van der Waals surface area (Å²) in [4.78, 5) is 7.40. The highest BCUT2D eigenvalue weighted by Crippen LogP contribution is 2.21. The van der Waals surface area contributed by atoms with Crippen LogP contribution in [-0.2, 0) is 0 Å². The van der Waals surface area contributed by atoms with Crippen LogP contribution in [0.25, 0.3) is 17.0 Å². The van der Waals surface area contributed by atoms with Crippen LogP contribution in [0.1, 0.15) is 18.4 Å². The van der Waals surface area contributed by atoms with Gasteiger partial charge in [0.1, 0.15) is 0 Å². The van der Waals surface area contributed by atoms with Crippen molar-refractivity contribution in [1.29, 1.82) is 0 Å². The number of oxazole rings is 1. The van der Waals surface area contributed by atoms with Crippen LogP contribution in [0.15, 0.2) is 34.7 Å². The van der Waals surface area contributed by atoms with Crippen molar-refractivity contribution in [2.24, 2.45) is 0 Å². The van der Waals surface area contributed by atoms with Gasteiger partial charge in [0.05, 0.1) is 5.69 Å². The summed E-state index contributed by atoms with van der Waals surface area (Å²) in [6.07, 6.45) is 0. The molecule has 0 aliphatic heterocycles. The number of nitrogens with zero attached hydrogens (tertiary/aromatic N) is 3. The van der Waals surface area contributed by atoms with Crippen LogP contribution < -0.4 is 0 Å². The Bertz CT molecular complexity index is 551. The summed E-state index contributed by atoms with van der Waals surface area (Å²) in [5.41, 5.74) is 10.7. The van der Waals surface area contributed by atoms with Crippen molar-refractivity contribution in [2.75, 3.05) is 0 Å². The van der Waals surface area contributed by atoms with E-state index in [9.17, 15) is 0 Å². The second kappa shape index (κ2) is 4.13. The largest absolute Gasteiger partial charge is 0.429 e. The van der Waals surface area contributed by atoms with E-state index in [1.165, 1.54) is 0 Å². The summed E-state index contributed by atoms with van der Waals surface area (Å²) < 4.78 is 5.55. The number of hydrogen-bond acceptors (Lipinski definition) is 2. The maximum atomic E-state index is 8.69. The van der Waals surface area contributed by atoms with Gasteiger partial charge < -0.3 is 9.95 Å². The fourth-order valence-electron chi connectivity index (χ4n) is 1.48. The minimum absolute atomic E-state index is 0.423. The molecule has 0 saturated heterocycles. The molecule has 0 spiro atoms. The van der Waals surface area contributed by atoms with Crippen molar-refractivity contribution >= 4 is 5.71 Å². The Morgan fingerprint density at radius 3 is 2.62 bits per heavy atom. The lowest BCUT2D eigenvalue weighted by atomic mass is 10.2. The molecular weight excluding hydrogens is 202 g/mol. The zero-order valence-electron chi connectivity index (χ0n) is 9.14. The van der Waals surface area contributed by atoms with Crippen LogP contribution in [0.5, 0.6) is 0 Å². The number of benzene rings is 1. The normalized spacial score (nSPS) is 9.88. The Morgan fingerprint density at radius 1 is 1.31 bits per heavy atom. The highest BCUT2D eigenvalue weighted by atomic mass is 16.4. The molecule has 1 heterocycles. The second-order valence-electron chi connectivity index (χ2n) is 3.48. The number of hydrogen-bond donors (Lipinski definition) is 0. The first-order valence-electron chi connectivity index (χ1n) is 4.94. The summed E-state index contributed by atoms with van der Waals surface area (Å²) in [5.74, 6) is 1.05. The van der Waals surface area contributed by atoms with Crippen molar-refractivity contribution in [2.45, 2.75) is 13.8 Å². The fraction of sp³-hybridized carbons (Fsp3) is 0.167. The fourth-order valence-corrected chi connectivity index (χ4v) is 1.48. The van der Waals surface area contributed by atoms with Gasteiger partial charge in [-0.2, -0.15) is 4.79 Å². The first-order chi connectivity index (χ1) is 7.72. The Kier molecular flexibility index (Phi) is 2.66. The summed E-state index contributed by atoms with van der Waals surface area (Å²) >= 11 is 0. The molecule has 0 amide bonds. The Hall–Kier alpha value is -2.19. The highest BCUT2D eigenvalue weighted by molar-refractivity contribution is 5.92. The molecule has 1 aromatic heterocycles. The molecule has 1 aromatic carbocycles. The zero-order chi connectivity index (χ0) is 11.5. The first-order valence-corrected chi connectivity index (χ1v) is 4.94. The quantitative estimate of drug-likeness (QED) is 0.437. The average molecular weight is 213 g/mol. The molecule has 0 saturated carbocycles. The van der Waals surface area contributed by atoms with Crippen molar-refractivity contribution in [3.05, 3.63) is 47.3 Å². The molecule has 4 nitrogen and oxygen atoms in total. The van der Waals surface area contributed by atoms with Crippen LogP contribution in [0.4, 0.5) is 0 Å². The van der Waals surface area contributed by atoms with E-state index in [2.05, 4.69) is 9.77 Å². The van der Waals surface area contributed by atoms with E-state index < -0.39 is 0 Å². The van der Waals surface area contributed by atoms with Crippen molar-refractivity contribution < 1.29 is 9.21 Å². The summed E-state index contributed by atoms with van der Waals surface area (Å²) in [6.45, 7) is 3.49. The van der Waals surface area contributed by atoms with Crippen molar-refractivity contribution in [3.8, 4) is 11.5 Å². The molecule has 0 bridgehead atoms. The summed E-state index contributed by atoms with van der Waals surface area (Å²) in [7, 11) is 0. The molecule has 2 aromatic rings. The lowest BCUT2D eigenvalue weighted by Gasteiger charge is -1.91. The summed E-state index contributed by atoms with van der Waals surface area (Å²) in [6, 6.07) is 9.60. The van der Waals surface area contributed by atoms with Gasteiger partial charge in [0, 0.05) is 12.5 Å². The average Bonchev–Trinajstić information content (AvgIpc) is 2.71. The molecule has 0 aliphatic rings. The molecule has 0 atom stereocenters. The van der Waals surface area contributed by atoms with Gasteiger partial charge in [-0.1, -0.05) is 18.2 Å². The van der Waals surface area contributed by atoms with Crippen LogP contribution in [-0.4, -0.2) is 15.5 Å². The smallest absolute Gasteiger partial charge is 0.332 e. The third kappa shape index (κ3) is 1.78. The molecule has 0 unspecified atom stereocenters. The van der Waals surface area contributed by atoms with Gasteiger partial charge in [-0.05, 0) is 19.1 Å². The third-order valence-electron chi connectivity index (χ3n) is 2.30. The lowest BCUT2D eigenvalue weighted by Crippen LogP contribution is -1.95. The SMILES string of the molecule is CC(=[N+]=[N-])c1oc(-c2ccccc2)nc1C. The van der Waals surface area contributed by atoms with E-state index in [1.807, 2.05) is 37.3 Å². The minimum Gasteiger partial charge on any atom is -0.429 e. The van der Waals surface area contributed by atoms with Crippen LogP contribution in [0.3, 0.4) is 0 Å². The Balaban J connectivity index is 2.50. The van der Waals surface area contributed by atoms with E-state index in [0.717, 1.165) is 5.56 Å².